The van der Waals surface area contributed by atoms with Crippen molar-refractivity contribution >= 4 is 5.97 Å². The van der Waals surface area contributed by atoms with Crippen LogP contribution < -0.4 is 0 Å². The monoisotopic (exact) mass is 198 g/mol. The maximum atomic E-state index is 10.3. The number of hydrogen-bond acceptors (Lipinski definition) is 1. The van der Waals surface area contributed by atoms with Crippen molar-refractivity contribution in [2.24, 2.45) is 0 Å². The summed E-state index contributed by atoms with van der Waals surface area (Å²) in [5.41, 5.74) is 1.34. The molecule has 0 aliphatic carbocycles. The van der Waals surface area contributed by atoms with Crippen LogP contribution in [0.4, 0.5) is 0 Å². The Morgan fingerprint density at radius 1 is 1.21 bits per heavy atom. The van der Waals surface area contributed by atoms with Gasteiger partial charge in [0.25, 0.3) is 0 Å². The van der Waals surface area contributed by atoms with Gasteiger partial charge in [-0.15, -0.1) is 0 Å². The second kappa shape index (κ2) is 8.79. The highest BCUT2D eigenvalue weighted by Gasteiger charge is 1.95. The summed E-state index contributed by atoms with van der Waals surface area (Å²) in [4.78, 5) is 10.3. The Morgan fingerprint density at radius 3 is 2.50 bits per heavy atom. The van der Waals surface area contributed by atoms with Crippen LogP contribution >= 0.6 is 0 Å². The number of carboxylic acid groups (broad SMARTS) is 1. The second-order valence-corrected chi connectivity index (χ2v) is 3.79. The highest BCUT2D eigenvalue weighted by Crippen LogP contribution is 2.10. The molecule has 2 nitrogen and oxygen atoms in total. The van der Waals surface area contributed by atoms with Crippen molar-refractivity contribution < 1.29 is 9.90 Å². The molecule has 0 atom stereocenters. The van der Waals surface area contributed by atoms with Crippen LogP contribution in [-0.4, -0.2) is 11.1 Å². The van der Waals surface area contributed by atoms with Crippen LogP contribution in [0.2, 0.25) is 0 Å². The molecule has 0 aromatic heterocycles. The van der Waals surface area contributed by atoms with Gasteiger partial charge in [0, 0.05) is 6.42 Å². The van der Waals surface area contributed by atoms with Crippen LogP contribution in [-0.2, 0) is 4.79 Å². The first kappa shape index (κ1) is 13.2. The highest BCUT2D eigenvalue weighted by molar-refractivity contribution is 5.66. The van der Waals surface area contributed by atoms with E-state index < -0.39 is 5.97 Å². The average molecular weight is 198 g/mol. The molecule has 0 radical (unpaired) electrons. The van der Waals surface area contributed by atoms with E-state index >= 15 is 0 Å². The molecule has 0 aromatic rings. The standard InChI is InChI=1S/C12H22O2/c1-3-4-5-6-8-11(2)9-7-10-12(13)14/h9H,3-8,10H2,1-2H3,(H,13,14). The SMILES string of the molecule is CCCCCCC(C)=CCCC(=O)O. The van der Waals surface area contributed by atoms with Crippen LogP contribution in [0.5, 0.6) is 0 Å². The third kappa shape index (κ3) is 9.30. The van der Waals surface area contributed by atoms with Crippen molar-refractivity contribution in [2.75, 3.05) is 0 Å². The molecule has 0 rings (SSSR count). The molecule has 0 bridgehead atoms. The molecule has 82 valence electrons. The summed E-state index contributed by atoms with van der Waals surface area (Å²) < 4.78 is 0. The summed E-state index contributed by atoms with van der Waals surface area (Å²) in [5, 5.41) is 8.44. The molecule has 0 spiro atoms. The largest absolute Gasteiger partial charge is 0.481 e. The van der Waals surface area contributed by atoms with Gasteiger partial charge >= 0.3 is 5.97 Å². The predicted octanol–water partition coefficient (Wildman–Crippen LogP) is 3.77. The van der Waals surface area contributed by atoms with Gasteiger partial charge in [0.15, 0.2) is 0 Å². The lowest BCUT2D eigenvalue weighted by Gasteiger charge is -2.00. The van der Waals surface area contributed by atoms with Crippen molar-refractivity contribution in [3.8, 4) is 0 Å². The number of unbranched alkanes of at least 4 members (excludes halogenated alkanes) is 3. The van der Waals surface area contributed by atoms with Crippen LogP contribution in [0.3, 0.4) is 0 Å². The highest BCUT2D eigenvalue weighted by atomic mass is 16.4. The normalized spacial score (nSPS) is 11.7. The minimum atomic E-state index is -0.708. The van der Waals surface area contributed by atoms with Crippen molar-refractivity contribution in [1.82, 2.24) is 0 Å². The first-order valence-corrected chi connectivity index (χ1v) is 5.54. The second-order valence-electron chi connectivity index (χ2n) is 3.79. The van der Waals surface area contributed by atoms with Gasteiger partial charge in [-0.3, -0.25) is 4.79 Å². The zero-order valence-corrected chi connectivity index (χ0v) is 9.38. The summed E-state index contributed by atoms with van der Waals surface area (Å²) in [5.74, 6) is -0.708. The Labute approximate surface area is 87.0 Å². The number of carboxylic acids is 1. The summed E-state index contributed by atoms with van der Waals surface area (Å²) in [6.45, 7) is 4.29. The van der Waals surface area contributed by atoms with E-state index in [1.54, 1.807) is 0 Å². The van der Waals surface area contributed by atoms with E-state index in [9.17, 15) is 4.79 Å². The molecule has 0 aliphatic rings. The van der Waals surface area contributed by atoms with Crippen LogP contribution in [0.1, 0.15) is 58.8 Å². The van der Waals surface area contributed by atoms with Gasteiger partial charge in [-0.2, -0.15) is 0 Å². The lowest BCUT2D eigenvalue weighted by Crippen LogP contribution is -1.92. The Kier molecular flexibility index (Phi) is 8.30. The van der Waals surface area contributed by atoms with Crippen LogP contribution in [0.15, 0.2) is 11.6 Å². The van der Waals surface area contributed by atoms with E-state index in [4.69, 9.17) is 5.11 Å². The predicted molar refractivity (Wildman–Crippen MR) is 59.4 cm³/mol. The maximum Gasteiger partial charge on any atom is 0.303 e. The summed E-state index contributed by atoms with van der Waals surface area (Å²) in [6.07, 6.45) is 9.22. The van der Waals surface area contributed by atoms with Crippen LogP contribution in [0.25, 0.3) is 0 Å². The van der Waals surface area contributed by atoms with Crippen molar-refractivity contribution in [1.29, 1.82) is 0 Å². The molecule has 0 unspecified atom stereocenters. The fraction of sp³-hybridized carbons (Fsp3) is 0.750. The topological polar surface area (TPSA) is 37.3 Å². The Hall–Kier alpha value is -0.790. The Balaban J connectivity index is 3.42. The van der Waals surface area contributed by atoms with E-state index in [1.807, 2.05) is 0 Å². The smallest absolute Gasteiger partial charge is 0.303 e. The lowest BCUT2D eigenvalue weighted by molar-refractivity contribution is -0.136. The van der Waals surface area contributed by atoms with Gasteiger partial charge in [0.1, 0.15) is 0 Å². The Morgan fingerprint density at radius 2 is 1.93 bits per heavy atom. The summed E-state index contributed by atoms with van der Waals surface area (Å²) in [7, 11) is 0. The van der Waals surface area contributed by atoms with E-state index in [-0.39, 0.29) is 6.42 Å². The number of rotatable bonds is 8. The average Bonchev–Trinajstić information content (AvgIpc) is 2.12. The van der Waals surface area contributed by atoms with E-state index in [0.29, 0.717) is 6.42 Å². The minimum absolute atomic E-state index is 0.256. The molecule has 2 heteroatoms. The molecule has 0 aromatic carbocycles. The third-order valence-corrected chi connectivity index (χ3v) is 2.28. The van der Waals surface area contributed by atoms with E-state index in [0.717, 1.165) is 6.42 Å². The van der Waals surface area contributed by atoms with Gasteiger partial charge in [0.2, 0.25) is 0 Å². The molecular weight excluding hydrogens is 176 g/mol. The zero-order chi connectivity index (χ0) is 10.8. The van der Waals surface area contributed by atoms with Crippen molar-refractivity contribution in [2.45, 2.75) is 58.8 Å². The van der Waals surface area contributed by atoms with Gasteiger partial charge in [0.05, 0.1) is 0 Å². The zero-order valence-electron chi connectivity index (χ0n) is 9.38. The van der Waals surface area contributed by atoms with Gasteiger partial charge in [-0.05, 0) is 26.2 Å². The number of hydrogen-bond donors (Lipinski definition) is 1. The van der Waals surface area contributed by atoms with Crippen molar-refractivity contribution in [3.63, 3.8) is 0 Å². The fourth-order valence-electron chi connectivity index (χ4n) is 1.37. The molecule has 1 N–H and O–H groups in total. The van der Waals surface area contributed by atoms with Gasteiger partial charge in [-0.1, -0.05) is 37.8 Å². The number of aliphatic carboxylic acids is 1. The first-order chi connectivity index (χ1) is 6.66. The molecular formula is C12H22O2. The number of allylic oxidation sites excluding steroid dienone is 2. The molecule has 0 fully saturated rings. The van der Waals surface area contributed by atoms with E-state index in [1.165, 1.54) is 31.3 Å². The third-order valence-electron chi connectivity index (χ3n) is 2.28. The maximum absolute atomic E-state index is 10.3. The molecule has 14 heavy (non-hydrogen) atoms. The van der Waals surface area contributed by atoms with Crippen LogP contribution in [0, 0.1) is 0 Å². The minimum Gasteiger partial charge on any atom is -0.481 e. The Bertz CT molecular complexity index is 183. The molecule has 0 saturated heterocycles. The fourth-order valence-corrected chi connectivity index (χ4v) is 1.37. The molecule has 0 saturated carbocycles. The molecule has 0 aliphatic heterocycles. The van der Waals surface area contributed by atoms with Crippen molar-refractivity contribution in [3.05, 3.63) is 11.6 Å². The summed E-state index contributed by atoms with van der Waals surface area (Å²) in [6, 6.07) is 0. The van der Waals surface area contributed by atoms with Gasteiger partial charge < -0.3 is 5.11 Å². The lowest BCUT2D eigenvalue weighted by atomic mass is 10.1. The first-order valence-electron chi connectivity index (χ1n) is 5.54. The quantitative estimate of drug-likeness (QED) is 0.476. The molecule has 0 amide bonds. The summed E-state index contributed by atoms with van der Waals surface area (Å²) >= 11 is 0. The van der Waals surface area contributed by atoms with E-state index in [2.05, 4.69) is 19.9 Å². The van der Waals surface area contributed by atoms with Gasteiger partial charge in [-0.25, -0.2) is 0 Å². The number of carbonyl (C=O) groups is 1. The molecule has 0 heterocycles.